The summed E-state index contributed by atoms with van der Waals surface area (Å²) in [5, 5.41) is 8.24. The third kappa shape index (κ3) is 1.68. The van der Waals surface area contributed by atoms with E-state index in [-0.39, 0.29) is 5.69 Å². The van der Waals surface area contributed by atoms with Crippen molar-refractivity contribution in [2.75, 3.05) is 0 Å². The number of alkyl halides is 3. The van der Waals surface area contributed by atoms with Gasteiger partial charge in [-0.25, -0.2) is 4.98 Å². The van der Waals surface area contributed by atoms with Crippen LogP contribution in [0.1, 0.15) is 10.7 Å². The minimum atomic E-state index is -4.43. The van der Waals surface area contributed by atoms with Crippen LogP contribution in [-0.4, -0.2) is 4.98 Å². The van der Waals surface area contributed by atoms with Gasteiger partial charge in [0.2, 0.25) is 0 Å². The summed E-state index contributed by atoms with van der Waals surface area (Å²) >= 11 is 0.422. The summed E-state index contributed by atoms with van der Waals surface area (Å²) in [5.74, 6) is 0. The Bertz CT molecular complexity index is 295. The van der Waals surface area contributed by atoms with Crippen LogP contribution in [0.15, 0.2) is 5.38 Å². The maximum Gasteiger partial charge on any atom is 0.443 e. The van der Waals surface area contributed by atoms with Crippen molar-refractivity contribution in [1.29, 1.82) is 5.26 Å². The first-order valence-corrected chi connectivity index (χ1v) is 3.35. The zero-order chi connectivity index (χ0) is 8.48. The standard InChI is InChI=1S/C5HF3N2S/c6-5(7,8)4-10-3(1-9)2-11-4/h2H. The van der Waals surface area contributed by atoms with Gasteiger partial charge in [-0.2, -0.15) is 18.4 Å². The Morgan fingerprint density at radius 3 is 2.45 bits per heavy atom. The van der Waals surface area contributed by atoms with Crippen LogP contribution in [0.2, 0.25) is 0 Å². The van der Waals surface area contributed by atoms with Crippen molar-refractivity contribution in [3.05, 3.63) is 16.1 Å². The van der Waals surface area contributed by atoms with E-state index in [1.54, 1.807) is 0 Å². The Hall–Kier alpha value is -1.09. The minimum Gasteiger partial charge on any atom is -0.221 e. The molecule has 0 aliphatic carbocycles. The molecule has 0 aliphatic rings. The molecule has 1 rings (SSSR count). The predicted octanol–water partition coefficient (Wildman–Crippen LogP) is 2.03. The van der Waals surface area contributed by atoms with Gasteiger partial charge in [0.1, 0.15) is 6.07 Å². The molecule has 0 bridgehead atoms. The molecule has 0 spiro atoms. The molecule has 1 aromatic rings. The lowest BCUT2D eigenvalue weighted by molar-refractivity contribution is -0.137. The highest BCUT2D eigenvalue weighted by Gasteiger charge is 2.34. The molecule has 6 heteroatoms. The topological polar surface area (TPSA) is 36.7 Å². The maximum atomic E-state index is 11.8. The molecule has 0 N–H and O–H groups in total. The molecule has 1 heterocycles. The highest BCUT2D eigenvalue weighted by molar-refractivity contribution is 7.09. The van der Waals surface area contributed by atoms with Crippen LogP contribution in [-0.2, 0) is 6.18 Å². The summed E-state index contributed by atoms with van der Waals surface area (Å²) in [7, 11) is 0. The lowest BCUT2D eigenvalue weighted by atomic mass is 10.5. The lowest BCUT2D eigenvalue weighted by Gasteiger charge is -1.97. The van der Waals surface area contributed by atoms with Crippen molar-refractivity contribution in [3.8, 4) is 6.07 Å². The molecule has 0 radical (unpaired) electrons. The van der Waals surface area contributed by atoms with Gasteiger partial charge in [-0.1, -0.05) is 0 Å². The Morgan fingerprint density at radius 2 is 2.18 bits per heavy atom. The van der Waals surface area contributed by atoms with Crippen LogP contribution in [0.3, 0.4) is 0 Å². The van der Waals surface area contributed by atoms with Gasteiger partial charge >= 0.3 is 6.18 Å². The summed E-state index contributed by atoms with van der Waals surface area (Å²) in [5.41, 5.74) is -0.192. The number of nitrogens with zero attached hydrogens (tertiary/aromatic N) is 2. The number of hydrogen-bond donors (Lipinski definition) is 0. The normalized spacial score (nSPS) is 11.1. The molecule has 1 aromatic heterocycles. The minimum absolute atomic E-state index is 0.192. The highest BCUT2D eigenvalue weighted by atomic mass is 32.1. The second kappa shape index (κ2) is 2.51. The number of aromatic nitrogens is 1. The van der Waals surface area contributed by atoms with Crippen molar-refractivity contribution in [2.45, 2.75) is 6.18 Å². The number of nitriles is 1. The van der Waals surface area contributed by atoms with Crippen LogP contribution in [0, 0.1) is 11.3 Å². The molecular weight excluding hydrogens is 177 g/mol. The summed E-state index contributed by atoms with van der Waals surface area (Å²) in [6.07, 6.45) is -4.43. The van der Waals surface area contributed by atoms with Crippen molar-refractivity contribution >= 4 is 11.3 Å². The zero-order valence-corrected chi connectivity index (χ0v) is 5.83. The monoisotopic (exact) mass is 178 g/mol. The van der Waals surface area contributed by atoms with Crippen molar-refractivity contribution < 1.29 is 13.2 Å². The van der Waals surface area contributed by atoms with Gasteiger partial charge in [0, 0.05) is 5.38 Å². The van der Waals surface area contributed by atoms with Gasteiger partial charge in [0.05, 0.1) is 0 Å². The fourth-order valence-electron chi connectivity index (χ4n) is 0.455. The third-order valence-corrected chi connectivity index (χ3v) is 1.75. The molecule has 0 saturated carbocycles. The molecule has 2 nitrogen and oxygen atoms in total. The number of thiazole rings is 1. The van der Waals surface area contributed by atoms with Crippen molar-refractivity contribution in [1.82, 2.24) is 4.98 Å². The summed E-state index contributed by atoms with van der Waals surface area (Å²) in [4.78, 5) is 3.03. The molecule has 0 aromatic carbocycles. The molecule has 0 amide bonds. The molecule has 0 aliphatic heterocycles. The number of hydrogen-bond acceptors (Lipinski definition) is 3. The van der Waals surface area contributed by atoms with E-state index < -0.39 is 11.2 Å². The summed E-state index contributed by atoms with van der Waals surface area (Å²) in [6, 6.07) is 1.52. The molecule has 11 heavy (non-hydrogen) atoms. The van der Waals surface area contributed by atoms with E-state index in [9.17, 15) is 13.2 Å². The molecule has 0 fully saturated rings. The van der Waals surface area contributed by atoms with E-state index in [0.717, 1.165) is 5.38 Å². The van der Waals surface area contributed by atoms with Gasteiger partial charge in [0.25, 0.3) is 0 Å². The van der Waals surface area contributed by atoms with E-state index in [1.165, 1.54) is 6.07 Å². The van der Waals surface area contributed by atoms with Gasteiger partial charge in [-0.15, -0.1) is 11.3 Å². The predicted molar refractivity (Wildman–Crippen MR) is 31.8 cm³/mol. The van der Waals surface area contributed by atoms with E-state index >= 15 is 0 Å². The Balaban J connectivity index is 3.01. The second-order valence-electron chi connectivity index (χ2n) is 1.65. The Morgan fingerprint density at radius 1 is 1.55 bits per heavy atom. The van der Waals surface area contributed by atoms with Gasteiger partial charge in [-0.3, -0.25) is 0 Å². The van der Waals surface area contributed by atoms with Crippen LogP contribution < -0.4 is 0 Å². The number of rotatable bonds is 0. The Labute approximate surface area is 63.9 Å². The fraction of sp³-hybridized carbons (Fsp3) is 0.200. The highest BCUT2D eigenvalue weighted by Crippen LogP contribution is 2.31. The smallest absolute Gasteiger partial charge is 0.221 e. The summed E-state index contributed by atoms with van der Waals surface area (Å²) < 4.78 is 35.3. The van der Waals surface area contributed by atoms with E-state index in [0.29, 0.717) is 11.3 Å². The molecule has 0 saturated heterocycles. The van der Waals surface area contributed by atoms with E-state index in [4.69, 9.17) is 5.26 Å². The lowest BCUT2D eigenvalue weighted by Crippen LogP contribution is -2.03. The molecule has 0 unspecified atom stereocenters. The average molecular weight is 178 g/mol. The fourth-order valence-corrected chi connectivity index (χ4v) is 1.07. The number of halogens is 3. The first-order chi connectivity index (χ1) is 5.04. The van der Waals surface area contributed by atoms with Gasteiger partial charge in [0.15, 0.2) is 10.7 Å². The Kier molecular flexibility index (Phi) is 1.83. The second-order valence-corrected chi connectivity index (χ2v) is 2.51. The third-order valence-electron chi connectivity index (χ3n) is 0.861. The van der Waals surface area contributed by atoms with Crippen LogP contribution >= 0.6 is 11.3 Å². The average Bonchev–Trinajstić information content (AvgIpc) is 2.32. The molecule has 0 atom stereocenters. The first kappa shape index (κ1) is 8.01. The van der Waals surface area contributed by atoms with E-state index in [2.05, 4.69) is 4.98 Å². The van der Waals surface area contributed by atoms with Gasteiger partial charge in [-0.05, 0) is 0 Å². The van der Waals surface area contributed by atoms with Crippen LogP contribution in [0.25, 0.3) is 0 Å². The van der Waals surface area contributed by atoms with Gasteiger partial charge < -0.3 is 0 Å². The SMILES string of the molecule is N#Cc1csc(C(F)(F)F)n1. The van der Waals surface area contributed by atoms with E-state index in [1.807, 2.05) is 0 Å². The maximum absolute atomic E-state index is 11.8. The summed E-state index contributed by atoms with van der Waals surface area (Å²) in [6.45, 7) is 0. The van der Waals surface area contributed by atoms with Crippen molar-refractivity contribution in [3.63, 3.8) is 0 Å². The van der Waals surface area contributed by atoms with Crippen LogP contribution in [0.4, 0.5) is 13.2 Å². The largest absolute Gasteiger partial charge is 0.443 e. The molecular formula is C5HF3N2S. The van der Waals surface area contributed by atoms with Crippen molar-refractivity contribution in [2.24, 2.45) is 0 Å². The molecule has 58 valence electrons. The van der Waals surface area contributed by atoms with Crippen LogP contribution in [0.5, 0.6) is 0 Å². The first-order valence-electron chi connectivity index (χ1n) is 2.47. The zero-order valence-electron chi connectivity index (χ0n) is 5.01. The quantitative estimate of drug-likeness (QED) is 0.609.